The molecular weight excluding hydrogens is 442 g/mol. The van der Waals surface area contributed by atoms with Crippen LogP contribution in [0.1, 0.15) is 23.6 Å². The monoisotopic (exact) mass is 459 g/mol. The maximum absolute atomic E-state index is 14.6. The van der Waals surface area contributed by atoms with Crippen molar-refractivity contribution in [3.05, 3.63) is 81.5 Å². The zero-order chi connectivity index (χ0) is 24.2. The van der Waals surface area contributed by atoms with Gasteiger partial charge in [-0.2, -0.15) is 18.4 Å². The number of amides is 1. The molecule has 0 aliphatic carbocycles. The molecule has 0 saturated heterocycles. The van der Waals surface area contributed by atoms with Crippen LogP contribution in [0.2, 0.25) is 0 Å². The quantitative estimate of drug-likeness (QED) is 0.525. The largest absolute Gasteiger partial charge is 0.488 e. The predicted molar refractivity (Wildman–Crippen MR) is 112 cm³/mol. The highest BCUT2D eigenvalue weighted by molar-refractivity contribution is 5.92. The first-order valence-electron chi connectivity index (χ1n) is 9.68. The maximum atomic E-state index is 14.6. The van der Waals surface area contributed by atoms with Crippen LogP contribution in [0.5, 0.6) is 5.75 Å². The molecule has 1 amide bonds. The number of H-pyrrole nitrogens is 1. The number of anilines is 1. The Balaban J connectivity index is 1.77. The van der Waals surface area contributed by atoms with Crippen LogP contribution in [0.15, 0.2) is 53.5 Å². The third-order valence-corrected chi connectivity index (χ3v) is 4.64. The van der Waals surface area contributed by atoms with Crippen molar-refractivity contribution >= 4 is 11.6 Å². The molecule has 33 heavy (non-hydrogen) atoms. The number of aromatic nitrogens is 1. The van der Waals surface area contributed by atoms with Gasteiger partial charge in [-0.15, -0.1) is 0 Å². The minimum atomic E-state index is -4.77. The van der Waals surface area contributed by atoms with E-state index in [-0.39, 0.29) is 23.6 Å². The van der Waals surface area contributed by atoms with E-state index < -0.39 is 41.0 Å². The molecule has 2 N–H and O–H groups in total. The number of alkyl halides is 3. The summed E-state index contributed by atoms with van der Waals surface area (Å²) in [6, 6.07) is 9.78. The number of carbonyl (C=O) groups is 1. The third kappa shape index (κ3) is 5.57. The SMILES string of the molecule is CCOc1cc(-c2ccc(CC(=O)Nc3ccc(C#N)c(C(F)(F)F)c3)c(F)c2)c[nH]c1=O. The molecule has 3 rings (SSSR count). The lowest BCUT2D eigenvalue weighted by atomic mass is 10.0. The number of hydrogen-bond acceptors (Lipinski definition) is 4. The summed E-state index contributed by atoms with van der Waals surface area (Å²) in [4.78, 5) is 26.5. The molecule has 1 heterocycles. The summed E-state index contributed by atoms with van der Waals surface area (Å²) in [5, 5.41) is 11.1. The number of pyridine rings is 1. The normalized spacial score (nSPS) is 11.0. The number of nitriles is 1. The number of aromatic amines is 1. The van der Waals surface area contributed by atoms with Gasteiger partial charge in [0.2, 0.25) is 5.91 Å². The molecule has 170 valence electrons. The van der Waals surface area contributed by atoms with E-state index in [1.807, 2.05) is 0 Å². The summed E-state index contributed by atoms with van der Waals surface area (Å²) >= 11 is 0. The summed E-state index contributed by atoms with van der Waals surface area (Å²) in [5.74, 6) is -1.36. The molecule has 0 unspecified atom stereocenters. The molecule has 0 aliphatic rings. The first-order chi connectivity index (χ1) is 15.6. The van der Waals surface area contributed by atoms with Crippen molar-refractivity contribution < 1.29 is 27.1 Å². The van der Waals surface area contributed by atoms with Gasteiger partial charge in [-0.1, -0.05) is 12.1 Å². The second kappa shape index (κ2) is 9.56. The van der Waals surface area contributed by atoms with Gasteiger partial charge >= 0.3 is 6.18 Å². The predicted octanol–water partition coefficient (Wildman–Crippen LogP) is 4.65. The Bertz CT molecular complexity index is 1290. The van der Waals surface area contributed by atoms with E-state index in [1.165, 1.54) is 30.5 Å². The zero-order valence-corrected chi connectivity index (χ0v) is 17.2. The average molecular weight is 459 g/mol. The fourth-order valence-corrected chi connectivity index (χ4v) is 3.09. The van der Waals surface area contributed by atoms with Crippen molar-refractivity contribution in [2.24, 2.45) is 0 Å². The van der Waals surface area contributed by atoms with Crippen LogP contribution in [-0.4, -0.2) is 17.5 Å². The average Bonchev–Trinajstić information content (AvgIpc) is 2.76. The number of rotatable bonds is 6. The number of benzene rings is 2. The molecule has 0 atom stereocenters. The number of nitrogens with zero attached hydrogens (tertiary/aromatic N) is 1. The van der Waals surface area contributed by atoms with E-state index in [0.717, 1.165) is 12.1 Å². The maximum Gasteiger partial charge on any atom is 0.417 e. The summed E-state index contributed by atoms with van der Waals surface area (Å²) < 4.78 is 59.1. The van der Waals surface area contributed by atoms with Crippen molar-refractivity contribution in [1.29, 1.82) is 5.26 Å². The molecule has 0 spiro atoms. The second-order valence-corrected chi connectivity index (χ2v) is 6.92. The minimum Gasteiger partial charge on any atom is -0.488 e. The van der Waals surface area contributed by atoms with Crippen LogP contribution < -0.4 is 15.6 Å². The van der Waals surface area contributed by atoms with Crippen LogP contribution in [-0.2, 0) is 17.4 Å². The Morgan fingerprint density at radius 1 is 1.15 bits per heavy atom. The van der Waals surface area contributed by atoms with Crippen molar-refractivity contribution in [3.63, 3.8) is 0 Å². The Hall–Kier alpha value is -4.13. The zero-order valence-electron chi connectivity index (χ0n) is 17.2. The smallest absolute Gasteiger partial charge is 0.417 e. The molecular formula is C23H17F4N3O3. The topological polar surface area (TPSA) is 95.0 Å². The van der Waals surface area contributed by atoms with Crippen molar-refractivity contribution in [3.8, 4) is 22.9 Å². The van der Waals surface area contributed by atoms with Crippen LogP contribution in [0.25, 0.3) is 11.1 Å². The van der Waals surface area contributed by atoms with Gasteiger partial charge in [-0.3, -0.25) is 9.59 Å². The molecule has 1 aromatic heterocycles. The van der Waals surface area contributed by atoms with Gasteiger partial charge in [0.1, 0.15) is 5.82 Å². The first kappa shape index (κ1) is 23.5. The lowest BCUT2D eigenvalue weighted by Gasteiger charge is -2.12. The molecule has 0 bridgehead atoms. The molecule has 0 saturated carbocycles. The van der Waals surface area contributed by atoms with Gasteiger partial charge < -0.3 is 15.0 Å². The lowest BCUT2D eigenvalue weighted by Crippen LogP contribution is -2.16. The van der Waals surface area contributed by atoms with E-state index in [9.17, 15) is 27.2 Å². The van der Waals surface area contributed by atoms with E-state index in [0.29, 0.717) is 17.2 Å². The number of hydrogen-bond donors (Lipinski definition) is 2. The van der Waals surface area contributed by atoms with Crippen molar-refractivity contribution in [1.82, 2.24) is 4.98 Å². The van der Waals surface area contributed by atoms with Crippen molar-refractivity contribution in [2.75, 3.05) is 11.9 Å². The van der Waals surface area contributed by atoms with E-state index in [2.05, 4.69) is 10.3 Å². The highest BCUT2D eigenvalue weighted by Gasteiger charge is 2.34. The van der Waals surface area contributed by atoms with E-state index >= 15 is 0 Å². The molecule has 3 aromatic rings. The van der Waals surface area contributed by atoms with Gasteiger partial charge in [0.15, 0.2) is 5.75 Å². The van der Waals surface area contributed by atoms with Gasteiger partial charge in [0.05, 0.1) is 30.2 Å². The van der Waals surface area contributed by atoms with Gasteiger partial charge in [-0.05, 0) is 48.4 Å². The van der Waals surface area contributed by atoms with Gasteiger partial charge in [-0.25, -0.2) is 4.39 Å². The highest BCUT2D eigenvalue weighted by Crippen LogP contribution is 2.33. The molecule has 10 heteroatoms. The van der Waals surface area contributed by atoms with Gasteiger partial charge in [0.25, 0.3) is 5.56 Å². The summed E-state index contributed by atoms with van der Waals surface area (Å²) in [7, 11) is 0. The molecule has 6 nitrogen and oxygen atoms in total. The summed E-state index contributed by atoms with van der Waals surface area (Å²) in [6.45, 7) is 1.99. The number of carbonyl (C=O) groups excluding carboxylic acids is 1. The first-order valence-corrected chi connectivity index (χ1v) is 9.68. The van der Waals surface area contributed by atoms with Crippen LogP contribution in [0.4, 0.5) is 23.2 Å². The third-order valence-electron chi connectivity index (χ3n) is 4.64. The number of ether oxygens (including phenoxy) is 1. The van der Waals surface area contributed by atoms with E-state index in [1.54, 1.807) is 13.0 Å². The fourth-order valence-electron chi connectivity index (χ4n) is 3.09. The Morgan fingerprint density at radius 2 is 1.91 bits per heavy atom. The second-order valence-electron chi connectivity index (χ2n) is 6.92. The fraction of sp³-hybridized carbons (Fsp3) is 0.174. The Morgan fingerprint density at radius 3 is 2.55 bits per heavy atom. The Labute approximate surface area is 185 Å². The molecule has 2 aromatic carbocycles. The van der Waals surface area contributed by atoms with Crippen LogP contribution in [0, 0.1) is 17.1 Å². The van der Waals surface area contributed by atoms with E-state index in [4.69, 9.17) is 10.00 Å². The Kier molecular flexibility index (Phi) is 6.82. The molecule has 0 fully saturated rings. The molecule has 0 aliphatic heterocycles. The van der Waals surface area contributed by atoms with Gasteiger partial charge in [0, 0.05) is 17.4 Å². The van der Waals surface area contributed by atoms with Crippen LogP contribution in [0.3, 0.4) is 0 Å². The number of nitrogens with one attached hydrogen (secondary N) is 2. The molecule has 0 radical (unpaired) electrons. The minimum absolute atomic E-state index is 0.0235. The standard InChI is InChI=1S/C23H17F4N3O3/c1-2-33-20-8-16(12-29-22(20)32)13-3-4-14(19(24)7-13)9-21(31)30-17-6-5-15(11-28)18(10-17)23(25,26)27/h3-8,10,12H,2,9H2,1H3,(H,29,32)(H,30,31). The summed E-state index contributed by atoms with van der Waals surface area (Å²) in [6.07, 6.45) is -3.80. The lowest BCUT2D eigenvalue weighted by molar-refractivity contribution is -0.137. The number of halogens is 4. The van der Waals surface area contributed by atoms with Crippen LogP contribution >= 0.6 is 0 Å². The summed E-state index contributed by atoms with van der Waals surface area (Å²) in [5.41, 5.74) is -1.40. The van der Waals surface area contributed by atoms with Crippen molar-refractivity contribution in [2.45, 2.75) is 19.5 Å². The highest BCUT2D eigenvalue weighted by atomic mass is 19.4.